The number of nitrogens with one attached hydrogen (secondary N) is 1. The number of aromatic nitrogens is 5. The van der Waals surface area contributed by atoms with Crippen molar-refractivity contribution in [1.29, 1.82) is 0 Å². The zero-order chi connectivity index (χ0) is 18.3. The summed E-state index contributed by atoms with van der Waals surface area (Å²) in [4.78, 5) is 15.7. The number of nitrogens with zero attached hydrogens (tertiary/aromatic N) is 5. The van der Waals surface area contributed by atoms with Gasteiger partial charge in [0.2, 0.25) is 0 Å². The third-order valence-electron chi connectivity index (χ3n) is 4.56. The topological polar surface area (TPSA) is 97.9 Å². The van der Waals surface area contributed by atoms with Crippen molar-refractivity contribution in [3.05, 3.63) is 35.7 Å². The molecule has 26 heavy (non-hydrogen) atoms. The third-order valence-corrected chi connectivity index (χ3v) is 4.56. The highest BCUT2D eigenvalue weighted by Crippen LogP contribution is 2.36. The molecule has 0 spiro atoms. The molecule has 3 aromatic heterocycles. The molecule has 0 unspecified atom stereocenters. The number of pyridine rings is 1. The van der Waals surface area contributed by atoms with E-state index in [-0.39, 0.29) is 5.69 Å². The maximum atomic E-state index is 11.3. The summed E-state index contributed by atoms with van der Waals surface area (Å²) >= 11 is 0. The zero-order valence-electron chi connectivity index (χ0n) is 14.7. The summed E-state index contributed by atoms with van der Waals surface area (Å²) in [6.07, 6.45) is 2.59. The summed E-state index contributed by atoms with van der Waals surface area (Å²) in [7, 11) is 0. The van der Waals surface area contributed by atoms with Crippen LogP contribution in [0.5, 0.6) is 0 Å². The van der Waals surface area contributed by atoms with Gasteiger partial charge in [-0.15, -0.1) is 0 Å². The molecule has 4 heterocycles. The number of carboxylic acid groups (broad SMARTS) is 1. The van der Waals surface area contributed by atoms with E-state index in [9.17, 15) is 9.90 Å². The van der Waals surface area contributed by atoms with Crippen LogP contribution >= 0.6 is 0 Å². The van der Waals surface area contributed by atoms with Gasteiger partial charge < -0.3 is 10.4 Å². The van der Waals surface area contributed by atoms with E-state index >= 15 is 0 Å². The molecule has 134 valence electrons. The predicted molar refractivity (Wildman–Crippen MR) is 97.2 cm³/mol. The number of carboxylic acids is 1. The van der Waals surface area contributed by atoms with Crippen LogP contribution in [0.2, 0.25) is 0 Å². The molecule has 1 aliphatic heterocycles. The highest BCUT2D eigenvalue weighted by molar-refractivity contribution is 5.87. The Balaban J connectivity index is 1.82. The summed E-state index contributed by atoms with van der Waals surface area (Å²) in [5, 5.41) is 21.4. The number of aromatic carboxylic acids is 1. The van der Waals surface area contributed by atoms with Crippen LogP contribution in [-0.2, 0) is 19.5 Å². The largest absolute Gasteiger partial charge is 0.476 e. The number of hydrogen-bond acceptors (Lipinski definition) is 5. The minimum atomic E-state index is -1.01. The summed E-state index contributed by atoms with van der Waals surface area (Å²) in [6, 6.07) is 5.60. The van der Waals surface area contributed by atoms with Crippen molar-refractivity contribution in [1.82, 2.24) is 24.5 Å². The Labute approximate surface area is 150 Å². The molecular weight excluding hydrogens is 332 g/mol. The van der Waals surface area contributed by atoms with E-state index in [1.54, 1.807) is 10.7 Å². The van der Waals surface area contributed by atoms with Crippen LogP contribution in [0.25, 0.3) is 22.6 Å². The molecule has 0 bridgehead atoms. The smallest absolute Gasteiger partial charge is 0.356 e. The normalized spacial score (nSPS) is 12.5. The third kappa shape index (κ3) is 2.54. The number of hydrogen-bond donors (Lipinski definition) is 2. The lowest BCUT2D eigenvalue weighted by Gasteiger charge is -2.16. The van der Waals surface area contributed by atoms with E-state index in [1.165, 1.54) is 0 Å². The standard InChI is InChI=1S/C18H20N6O2/c1-3-19-15-6-5-11(10-20-15)16-12-7-8-24-14(9-13(21-24)18(25)26)17(12)23(4-2)22-16/h5-6,9-10H,3-4,7-8H2,1-2H3,(H,19,20)(H,25,26). The maximum Gasteiger partial charge on any atom is 0.356 e. The van der Waals surface area contributed by atoms with Gasteiger partial charge in [-0.1, -0.05) is 0 Å². The van der Waals surface area contributed by atoms with Crippen LogP contribution in [0.1, 0.15) is 29.9 Å². The number of fused-ring (bicyclic) bond motifs is 3. The molecule has 1 aliphatic rings. The summed E-state index contributed by atoms with van der Waals surface area (Å²) in [5.41, 5.74) is 4.80. The molecule has 0 saturated heterocycles. The molecule has 8 heteroatoms. The molecule has 0 saturated carbocycles. The van der Waals surface area contributed by atoms with Gasteiger partial charge in [-0.05, 0) is 32.4 Å². The lowest BCUT2D eigenvalue weighted by atomic mass is 10.00. The van der Waals surface area contributed by atoms with E-state index in [4.69, 9.17) is 5.10 Å². The van der Waals surface area contributed by atoms with E-state index in [1.807, 2.05) is 36.9 Å². The second-order valence-corrected chi connectivity index (χ2v) is 6.15. The quantitative estimate of drug-likeness (QED) is 0.732. The first kappa shape index (κ1) is 16.3. The lowest BCUT2D eigenvalue weighted by molar-refractivity contribution is 0.0689. The van der Waals surface area contributed by atoms with Crippen molar-refractivity contribution in [2.24, 2.45) is 0 Å². The Bertz CT molecular complexity index is 970. The lowest BCUT2D eigenvalue weighted by Crippen LogP contribution is -2.14. The van der Waals surface area contributed by atoms with Crippen molar-refractivity contribution in [2.45, 2.75) is 33.4 Å². The molecule has 0 aromatic carbocycles. The van der Waals surface area contributed by atoms with Crippen LogP contribution < -0.4 is 5.32 Å². The van der Waals surface area contributed by atoms with Gasteiger partial charge in [0.1, 0.15) is 5.82 Å². The van der Waals surface area contributed by atoms with Gasteiger partial charge in [-0.2, -0.15) is 10.2 Å². The maximum absolute atomic E-state index is 11.3. The SMILES string of the molecule is CCNc1ccc(-c2nn(CC)c3c2CCn2nc(C(=O)O)cc2-3)cn1. The molecule has 2 N–H and O–H groups in total. The first-order valence-electron chi connectivity index (χ1n) is 8.73. The monoisotopic (exact) mass is 352 g/mol. The molecule has 4 rings (SSSR count). The average molecular weight is 352 g/mol. The second-order valence-electron chi connectivity index (χ2n) is 6.15. The van der Waals surface area contributed by atoms with Crippen molar-refractivity contribution < 1.29 is 9.90 Å². The fourth-order valence-electron chi connectivity index (χ4n) is 3.40. The van der Waals surface area contributed by atoms with Gasteiger partial charge in [0.25, 0.3) is 0 Å². The summed E-state index contributed by atoms with van der Waals surface area (Å²) in [5.74, 6) is -0.177. The van der Waals surface area contributed by atoms with Crippen molar-refractivity contribution in [3.8, 4) is 22.6 Å². The van der Waals surface area contributed by atoms with Gasteiger partial charge in [0.05, 0.1) is 17.1 Å². The van der Waals surface area contributed by atoms with Gasteiger partial charge in [0.15, 0.2) is 5.69 Å². The number of anilines is 1. The van der Waals surface area contributed by atoms with Gasteiger partial charge in [-0.25, -0.2) is 9.78 Å². The first-order valence-corrected chi connectivity index (χ1v) is 8.73. The van der Waals surface area contributed by atoms with Gasteiger partial charge in [0, 0.05) is 43.0 Å². The van der Waals surface area contributed by atoms with Gasteiger partial charge in [-0.3, -0.25) is 9.36 Å². The van der Waals surface area contributed by atoms with Crippen LogP contribution in [-0.4, -0.2) is 42.2 Å². The number of rotatable bonds is 5. The number of aryl methyl sites for hydroxylation is 2. The molecule has 8 nitrogen and oxygen atoms in total. The molecule has 0 aliphatic carbocycles. The Morgan fingerprint density at radius 1 is 1.31 bits per heavy atom. The van der Waals surface area contributed by atoms with Crippen LogP contribution in [0.15, 0.2) is 24.4 Å². The van der Waals surface area contributed by atoms with E-state index in [0.29, 0.717) is 13.1 Å². The van der Waals surface area contributed by atoms with E-state index in [0.717, 1.165) is 47.0 Å². The van der Waals surface area contributed by atoms with Crippen LogP contribution in [0.3, 0.4) is 0 Å². The predicted octanol–water partition coefficient (Wildman–Crippen LogP) is 2.51. The zero-order valence-corrected chi connectivity index (χ0v) is 14.7. The Kier molecular flexibility index (Phi) is 3.95. The molecule has 0 radical (unpaired) electrons. The second kappa shape index (κ2) is 6.29. The van der Waals surface area contributed by atoms with E-state index < -0.39 is 5.97 Å². The highest BCUT2D eigenvalue weighted by atomic mass is 16.4. The molecule has 0 fully saturated rings. The highest BCUT2D eigenvalue weighted by Gasteiger charge is 2.28. The summed E-state index contributed by atoms with van der Waals surface area (Å²) in [6.45, 7) is 6.21. The molecule has 3 aromatic rings. The van der Waals surface area contributed by atoms with Crippen molar-refractivity contribution in [2.75, 3.05) is 11.9 Å². The summed E-state index contributed by atoms with van der Waals surface area (Å²) < 4.78 is 3.68. The molecule has 0 atom stereocenters. The van der Waals surface area contributed by atoms with E-state index in [2.05, 4.69) is 15.4 Å². The number of carbonyl (C=O) groups is 1. The van der Waals surface area contributed by atoms with Crippen LogP contribution in [0.4, 0.5) is 5.82 Å². The Morgan fingerprint density at radius 3 is 2.81 bits per heavy atom. The minimum Gasteiger partial charge on any atom is -0.476 e. The van der Waals surface area contributed by atoms with Crippen LogP contribution in [0, 0.1) is 0 Å². The van der Waals surface area contributed by atoms with Gasteiger partial charge >= 0.3 is 5.97 Å². The fraction of sp³-hybridized carbons (Fsp3) is 0.333. The fourth-order valence-corrected chi connectivity index (χ4v) is 3.40. The average Bonchev–Trinajstić information content (AvgIpc) is 3.23. The Hall–Kier alpha value is -3.16. The molecular formula is C18H20N6O2. The Morgan fingerprint density at radius 2 is 2.15 bits per heavy atom. The minimum absolute atomic E-state index is 0.0647. The first-order chi connectivity index (χ1) is 12.6. The molecule has 0 amide bonds. The van der Waals surface area contributed by atoms with Crippen molar-refractivity contribution in [3.63, 3.8) is 0 Å². The van der Waals surface area contributed by atoms with Crippen molar-refractivity contribution >= 4 is 11.8 Å².